The van der Waals surface area contributed by atoms with Crippen LogP contribution in [0.4, 0.5) is 0 Å². The molecular formula is C15H19N3O2. The summed E-state index contributed by atoms with van der Waals surface area (Å²) in [7, 11) is 0. The Bertz CT molecular complexity index is 541. The van der Waals surface area contributed by atoms with Crippen molar-refractivity contribution < 1.29 is 9.26 Å². The molecule has 20 heavy (non-hydrogen) atoms. The molecule has 1 fully saturated rings. The van der Waals surface area contributed by atoms with E-state index in [1.165, 1.54) is 5.56 Å². The second kappa shape index (κ2) is 6.15. The first-order valence-electron chi connectivity index (χ1n) is 6.99. The fourth-order valence-electron chi connectivity index (χ4n) is 2.51. The molecule has 0 aliphatic carbocycles. The molecule has 2 heterocycles. The summed E-state index contributed by atoms with van der Waals surface area (Å²) in [5.41, 5.74) is 1.35. The molecule has 3 rings (SSSR count). The normalized spacial score (nSPS) is 20.1. The van der Waals surface area contributed by atoms with Gasteiger partial charge in [-0.2, -0.15) is 4.98 Å². The van der Waals surface area contributed by atoms with Crippen LogP contribution in [0.2, 0.25) is 0 Å². The molecule has 0 radical (unpaired) electrons. The molecule has 1 atom stereocenters. The van der Waals surface area contributed by atoms with Gasteiger partial charge in [-0.05, 0) is 12.0 Å². The van der Waals surface area contributed by atoms with Crippen molar-refractivity contribution in [2.24, 2.45) is 0 Å². The van der Waals surface area contributed by atoms with Gasteiger partial charge in [-0.25, -0.2) is 0 Å². The summed E-state index contributed by atoms with van der Waals surface area (Å²) < 4.78 is 10.7. The van der Waals surface area contributed by atoms with Gasteiger partial charge in [0.05, 0.1) is 19.3 Å². The lowest BCUT2D eigenvalue weighted by Crippen LogP contribution is -2.41. The number of nitrogens with zero attached hydrogens (tertiary/aromatic N) is 3. The largest absolute Gasteiger partial charge is 0.378 e. The molecule has 0 amide bonds. The summed E-state index contributed by atoms with van der Waals surface area (Å²) in [6.45, 7) is 5.10. The van der Waals surface area contributed by atoms with Crippen molar-refractivity contribution in [2.45, 2.75) is 19.4 Å². The van der Waals surface area contributed by atoms with E-state index in [1.807, 2.05) is 13.0 Å². The minimum absolute atomic E-state index is 0.102. The van der Waals surface area contributed by atoms with Crippen LogP contribution in [0.1, 0.15) is 23.3 Å². The third-order valence-corrected chi connectivity index (χ3v) is 3.61. The van der Waals surface area contributed by atoms with Crippen LogP contribution in [0.15, 0.2) is 34.9 Å². The van der Waals surface area contributed by atoms with Crippen molar-refractivity contribution in [3.63, 3.8) is 0 Å². The van der Waals surface area contributed by atoms with Gasteiger partial charge >= 0.3 is 0 Å². The molecule has 106 valence electrons. The maximum absolute atomic E-state index is 5.56. The van der Waals surface area contributed by atoms with Crippen LogP contribution in [0.5, 0.6) is 0 Å². The molecule has 0 saturated carbocycles. The summed E-state index contributed by atoms with van der Waals surface area (Å²) in [6, 6.07) is 10.6. The second-order valence-electron chi connectivity index (χ2n) is 5.03. The monoisotopic (exact) mass is 273 g/mol. The SMILES string of the molecule is Cc1nc(C2COCCN2CCc2ccccc2)no1. The Hall–Kier alpha value is -1.72. The zero-order valence-corrected chi connectivity index (χ0v) is 11.7. The maximum Gasteiger partial charge on any atom is 0.223 e. The lowest BCUT2D eigenvalue weighted by atomic mass is 10.1. The molecule has 1 aliphatic rings. The lowest BCUT2D eigenvalue weighted by molar-refractivity contribution is -0.0118. The maximum atomic E-state index is 5.56. The van der Waals surface area contributed by atoms with Crippen molar-refractivity contribution in [1.82, 2.24) is 15.0 Å². The van der Waals surface area contributed by atoms with E-state index in [9.17, 15) is 0 Å². The molecule has 5 heteroatoms. The van der Waals surface area contributed by atoms with E-state index >= 15 is 0 Å². The Kier molecular flexibility index (Phi) is 4.08. The molecule has 0 bridgehead atoms. The van der Waals surface area contributed by atoms with E-state index in [2.05, 4.69) is 39.3 Å². The van der Waals surface area contributed by atoms with Gasteiger partial charge in [0.25, 0.3) is 0 Å². The van der Waals surface area contributed by atoms with Gasteiger partial charge in [-0.1, -0.05) is 35.5 Å². The predicted molar refractivity (Wildman–Crippen MR) is 74.3 cm³/mol. The van der Waals surface area contributed by atoms with Crippen molar-refractivity contribution >= 4 is 0 Å². The van der Waals surface area contributed by atoms with E-state index in [4.69, 9.17) is 9.26 Å². The number of hydrogen-bond acceptors (Lipinski definition) is 5. The molecule has 1 aromatic heterocycles. The van der Waals surface area contributed by atoms with Crippen LogP contribution in [-0.2, 0) is 11.2 Å². The highest BCUT2D eigenvalue weighted by Gasteiger charge is 2.28. The number of morpholine rings is 1. The van der Waals surface area contributed by atoms with E-state index in [0.29, 0.717) is 12.5 Å². The molecule has 1 unspecified atom stereocenters. The smallest absolute Gasteiger partial charge is 0.223 e. The molecular weight excluding hydrogens is 254 g/mol. The summed E-state index contributed by atoms with van der Waals surface area (Å²) in [5, 5.41) is 4.04. The molecule has 1 saturated heterocycles. The summed E-state index contributed by atoms with van der Waals surface area (Å²) in [6.07, 6.45) is 1.02. The van der Waals surface area contributed by atoms with Crippen molar-refractivity contribution in [2.75, 3.05) is 26.3 Å². The Morgan fingerprint density at radius 1 is 1.30 bits per heavy atom. The van der Waals surface area contributed by atoms with Gasteiger partial charge in [0.1, 0.15) is 0 Å². The standard InChI is InChI=1S/C15H19N3O2/c1-12-16-15(17-20-12)14-11-19-10-9-18(14)8-7-13-5-3-2-4-6-13/h2-6,14H,7-11H2,1H3. The van der Waals surface area contributed by atoms with Gasteiger partial charge in [0.15, 0.2) is 5.82 Å². The van der Waals surface area contributed by atoms with Crippen LogP contribution < -0.4 is 0 Å². The number of ether oxygens (including phenoxy) is 1. The highest BCUT2D eigenvalue weighted by Crippen LogP contribution is 2.22. The minimum Gasteiger partial charge on any atom is -0.378 e. The van der Waals surface area contributed by atoms with Crippen LogP contribution in [0.25, 0.3) is 0 Å². The molecule has 0 N–H and O–H groups in total. The zero-order valence-electron chi connectivity index (χ0n) is 11.7. The topological polar surface area (TPSA) is 51.4 Å². The van der Waals surface area contributed by atoms with Crippen molar-refractivity contribution in [1.29, 1.82) is 0 Å². The number of rotatable bonds is 4. The van der Waals surface area contributed by atoms with Gasteiger partial charge in [-0.15, -0.1) is 0 Å². The number of aryl methyl sites for hydroxylation is 1. The third-order valence-electron chi connectivity index (χ3n) is 3.61. The number of benzene rings is 1. The zero-order chi connectivity index (χ0) is 13.8. The average Bonchev–Trinajstić information content (AvgIpc) is 2.93. The quantitative estimate of drug-likeness (QED) is 0.852. The van der Waals surface area contributed by atoms with Crippen LogP contribution in [-0.4, -0.2) is 41.3 Å². The Morgan fingerprint density at radius 2 is 2.15 bits per heavy atom. The highest BCUT2D eigenvalue weighted by molar-refractivity contribution is 5.15. The summed E-state index contributed by atoms with van der Waals surface area (Å²) in [5.74, 6) is 1.34. The lowest BCUT2D eigenvalue weighted by Gasteiger charge is -2.33. The molecule has 1 aromatic carbocycles. The van der Waals surface area contributed by atoms with Crippen LogP contribution in [0.3, 0.4) is 0 Å². The molecule has 2 aromatic rings. The van der Waals surface area contributed by atoms with E-state index in [-0.39, 0.29) is 6.04 Å². The van der Waals surface area contributed by atoms with Gasteiger partial charge in [0, 0.05) is 20.0 Å². The Balaban J connectivity index is 1.66. The minimum atomic E-state index is 0.102. The average molecular weight is 273 g/mol. The molecule has 5 nitrogen and oxygen atoms in total. The van der Waals surface area contributed by atoms with E-state index < -0.39 is 0 Å². The fourth-order valence-corrected chi connectivity index (χ4v) is 2.51. The van der Waals surface area contributed by atoms with Gasteiger partial charge in [0.2, 0.25) is 5.89 Å². The molecule has 1 aliphatic heterocycles. The predicted octanol–water partition coefficient (Wildman–Crippen LogP) is 1.99. The Labute approximate surface area is 118 Å². The van der Waals surface area contributed by atoms with Crippen LogP contribution >= 0.6 is 0 Å². The van der Waals surface area contributed by atoms with E-state index in [0.717, 1.165) is 31.9 Å². The fraction of sp³-hybridized carbons (Fsp3) is 0.467. The van der Waals surface area contributed by atoms with E-state index in [1.54, 1.807) is 0 Å². The molecule has 0 spiro atoms. The first-order chi connectivity index (χ1) is 9.83. The van der Waals surface area contributed by atoms with Crippen molar-refractivity contribution in [3.05, 3.63) is 47.6 Å². The highest BCUT2D eigenvalue weighted by atomic mass is 16.5. The summed E-state index contributed by atoms with van der Waals surface area (Å²) in [4.78, 5) is 6.72. The number of hydrogen-bond donors (Lipinski definition) is 0. The second-order valence-corrected chi connectivity index (χ2v) is 5.03. The van der Waals surface area contributed by atoms with Gasteiger partial charge in [-0.3, -0.25) is 4.90 Å². The summed E-state index contributed by atoms with van der Waals surface area (Å²) >= 11 is 0. The van der Waals surface area contributed by atoms with Crippen LogP contribution in [0, 0.1) is 6.92 Å². The third kappa shape index (κ3) is 3.05. The Morgan fingerprint density at radius 3 is 2.90 bits per heavy atom. The van der Waals surface area contributed by atoms with Gasteiger partial charge < -0.3 is 9.26 Å². The first kappa shape index (κ1) is 13.3. The van der Waals surface area contributed by atoms with Crippen molar-refractivity contribution in [3.8, 4) is 0 Å². The number of aromatic nitrogens is 2. The first-order valence-corrected chi connectivity index (χ1v) is 6.99.